The van der Waals surface area contributed by atoms with Crippen molar-refractivity contribution in [2.24, 2.45) is 35.9 Å². The zero-order valence-electron chi connectivity index (χ0n) is 41.8. The first kappa shape index (κ1) is 49.1. The van der Waals surface area contributed by atoms with Gasteiger partial charge in [-0.2, -0.15) is 13.1 Å². The summed E-state index contributed by atoms with van der Waals surface area (Å²) in [6.45, 7) is 7.40. The molecule has 4 aromatic carbocycles. The molecule has 0 spiro atoms. The number of aryl methyl sites for hydroxylation is 2. The molecule has 0 saturated heterocycles. The molecule has 0 radical (unpaired) electrons. The van der Waals surface area contributed by atoms with Gasteiger partial charge < -0.3 is 9.47 Å². The number of nitrogens with zero attached hydrogens (tertiary/aromatic N) is 8. The van der Waals surface area contributed by atoms with Crippen molar-refractivity contribution in [1.29, 1.82) is 0 Å². The van der Waals surface area contributed by atoms with Crippen molar-refractivity contribution in [3.63, 3.8) is 0 Å². The number of ether oxygens (including phenoxy) is 2. The van der Waals surface area contributed by atoms with E-state index in [0.717, 1.165) is 49.7 Å². The van der Waals surface area contributed by atoms with Crippen molar-refractivity contribution in [2.75, 3.05) is 19.0 Å². The molecule has 6 aromatic rings. The largest absolute Gasteiger partial charge is 0.633 e. The Balaban J connectivity index is 1.31. The lowest BCUT2D eigenvalue weighted by molar-refractivity contribution is 0.0517. The summed E-state index contributed by atoms with van der Waals surface area (Å²) in [7, 11) is -15.8. The number of aromatic nitrogens is 2. The maximum atomic E-state index is 15.6. The van der Waals surface area contributed by atoms with Crippen LogP contribution in [0.25, 0.3) is 21.5 Å². The number of nitrogens with one attached hydrogen (secondary N) is 1. The normalized spacial score (nSPS) is 19.3. The first-order chi connectivity index (χ1) is 36.1. The van der Waals surface area contributed by atoms with E-state index in [1.807, 2.05) is 50.2 Å². The smallest absolute Gasteiger partial charge is 0.462 e. The molecule has 75 heavy (non-hydrogen) atoms. The van der Waals surface area contributed by atoms with E-state index in [1.54, 1.807) is 44.2 Å². The molecule has 1 unspecified atom stereocenters. The summed E-state index contributed by atoms with van der Waals surface area (Å²) in [6, 6.07) is 20.2. The van der Waals surface area contributed by atoms with E-state index in [2.05, 4.69) is 4.72 Å². The summed E-state index contributed by atoms with van der Waals surface area (Å²) in [5.74, 6) is -1.78. The van der Waals surface area contributed by atoms with Crippen molar-refractivity contribution < 1.29 is 43.6 Å². The number of amidine groups is 4. The van der Waals surface area contributed by atoms with Gasteiger partial charge >= 0.3 is 31.1 Å². The average molecular weight is 1070 g/mol. The van der Waals surface area contributed by atoms with Crippen molar-refractivity contribution in [3.8, 4) is 0 Å². The first-order valence-corrected chi connectivity index (χ1v) is 30.2. The lowest BCUT2D eigenvalue weighted by atomic mass is 9.91. The Morgan fingerprint density at radius 1 is 0.560 bits per heavy atom. The summed E-state index contributed by atoms with van der Waals surface area (Å²) < 4.78 is 92.7. The molecule has 2 aliphatic carbocycles. The van der Waals surface area contributed by atoms with E-state index < -0.39 is 53.0 Å². The van der Waals surface area contributed by atoms with Gasteiger partial charge in [-0.15, -0.1) is 0 Å². The number of carbonyl (C=O) groups is 2. The van der Waals surface area contributed by atoms with Crippen LogP contribution in [-0.2, 0) is 37.6 Å². The van der Waals surface area contributed by atoms with Gasteiger partial charge in [0.05, 0.1) is 30.1 Å². The molecule has 2 fully saturated rings. The van der Waals surface area contributed by atoms with Gasteiger partial charge in [-0.25, -0.2) is 55.7 Å². The molecular formula is C53H53N9O10S2Si. The number of fused-ring (bicyclic) bond motifs is 14. The van der Waals surface area contributed by atoms with E-state index in [-0.39, 0.29) is 87.0 Å². The number of hydrogen-bond acceptors (Lipinski definition) is 16. The minimum Gasteiger partial charge on any atom is -0.462 e. The van der Waals surface area contributed by atoms with Gasteiger partial charge in [0, 0.05) is 49.8 Å². The van der Waals surface area contributed by atoms with Crippen molar-refractivity contribution >= 4 is 97.8 Å². The fraction of sp³-hybridized carbons (Fsp3) is 0.358. The van der Waals surface area contributed by atoms with Crippen LogP contribution in [0, 0.1) is 19.8 Å². The Kier molecular flexibility index (Phi) is 12.3. The van der Waals surface area contributed by atoms with Crippen LogP contribution in [0.2, 0.25) is 0 Å². The fourth-order valence-electron chi connectivity index (χ4n) is 11.1. The second-order valence-electron chi connectivity index (χ2n) is 19.8. The van der Waals surface area contributed by atoms with Crippen molar-refractivity contribution in [3.05, 3.63) is 128 Å². The van der Waals surface area contributed by atoms with Gasteiger partial charge in [-0.3, -0.25) is 8.47 Å². The van der Waals surface area contributed by atoms with Crippen LogP contribution in [0.15, 0.2) is 103 Å². The summed E-state index contributed by atoms with van der Waals surface area (Å²) in [6.07, 6.45) is 7.25. The zero-order chi connectivity index (χ0) is 52.0. The molecule has 4 aliphatic heterocycles. The minimum absolute atomic E-state index is 0.00289. The van der Waals surface area contributed by atoms with E-state index >= 15 is 16.8 Å². The molecule has 19 nitrogen and oxygen atoms in total. The second kappa shape index (κ2) is 18.8. The number of rotatable bonds is 12. The molecule has 6 heterocycles. The van der Waals surface area contributed by atoms with E-state index in [4.69, 9.17) is 47.2 Å². The highest BCUT2D eigenvalue weighted by Gasteiger charge is 2.60. The molecule has 2 saturated carbocycles. The molecule has 22 heteroatoms. The Bertz CT molecular complexity index is 3910. The van der Waals surface area contributed by atoms with E-state index in [1.165, 1.54) is 14.5 Å². The SMILES string of the molecule is CCOC(=O)c1ccc2c(c1)C1=Nc3c4ccc(C(=O)OCC)cc4c4n3[Si](OS(=O)(=O)CC3CCCCC3)(OS(=O)(=O)NC3CCCCC3)n3c(c5ccc(C)cc5c3=NC2=N1)=NC1=NC(=N4)c2ccc(C)cc21. The third-order valence-electron chi connectivity index (χ3n) is 14.6. The maximum absolute atomic E-state index is 15.6. The Hall–Kier alpha value is -6.82. The monoisotopic (exact) mass is 1070 g/mol. The fourth-order valence-corrected chi connectivity index (χ4v) is 19.1. The lowest BCUT2D eigenvalue weighted by Gasteiger charge is -2.33. The third-order valence-corrected chi connectivity index (χ3v) is 21.7. The Morgan fingerprint density at radius 2 is 1.09 bits per heavy atom. The van der Waals surface area contributed by atoms with Gasteiger partial charge in [-0.1, -0.05) is 73.9 Å². The standard InChI is InChI=1S/C53H53N9O10S2Si/c1-5-69-52(63)33-19-23-37-41(27-33)47-55-45(37)56-50-42-26-31(4)18-22-38(42)48-58-46-40-25-30(3)17-21-36(40)44(54-46)57-51-43-28-34(53(64)70-6-2)20-24-39(43)49(59-47)62(51)75(61(48)50,71-73(65,66)29-32-13-9-7-10-14-32)72-74(67,68)60-35-15-11-8-12-16-35/h17-28,32,35,60H,5-16,29H2,1-4H3. The van der Waals surface area contributed by atoms with Crippen LogP contribution in [-0.4, -0.2) is 94.5 Å². The van der Waals surface area contributed by atoms with Gasteiger partial charge in [-0.05, 0) is 108 Å². The lowest BCUT2D eigenvalue weighted by Crippen LogP contribution is -2.66. The summed E-state index contributed by atoms with van der Waals surface area (Å²) >= 11 is 0. The zero-order valence-corrected chi connectivity index (χ0v) is 44.4. The minimum atomic E-state index is -5.88. The Morgan fingerprint density at radius 3 is 1.79 bits per heavy atom. The third kappa shape index (κ3) is 8.69. The van der Waals surface area contributed by atoms with Crippen LogP contribution >= 0.6 is 0 Å². The number of hydrogen-bond donors (Lipinski definition) is 1. The van der Waals surface area contributed by atoms with Gasteiger partial charge in [0.2, 0.25) is 0 Å². The van der Waals surface area contributed by atoms with Gasteiger partial charge in [0.1, 0.15) is 22.6 Å². The van der Waals surface area contributed by atoms with Gasteiger partial charge in [0.25, 0.3) is 10.1 Å². The predicted octanol–water partition coefficient (Wildman–Crippen LogP) is 7.45. The Labute approximate surface area is 433 Å². The number of benzene rings is 4. The first-order valence-electron chi connectivity index (χ1n) is 25.5. The van der Waals surface area contributed by atoms with E-state index in [0.29, 0.717) is 58.7 Å². The second-order valence-corrected chi connectivity index (χ2v) is 25.8. The summed E-state index contributed by atoms with van der Waals surface area (Å²) in [4.78, 5) is 58.6. The number of esters is 2. The quantitative estimate of drug-likeness (QED) is 0.0938. The molecule has 386 valence electrons. The van der Waals surface area contributed by atoms with Crippen LogP contribution in [0.1, 0.15) is 132 Å². The molecule has 2 aromatic heterocycles. The van der Waals surface area contributed by atoms with Crippen LogP contribution in [0.5, 0.6) is 0 Å². The van der Waals surface area contributed by atoms with Crippen molar-refractivity contribution in [1.82, 2.24) is 13.2 Å². The highest BCUT2D eigenvalue weighted by Crippen LogP contribution is 2.45. The maximum Gasteiger partial charge on any atom is 0.633 e. The van der Waals surface area contributed by atoms with Crippen LogP contribution in [0.4, 0.5) is 11.6 Å². The molecule has 6 bridgehead atoms. The van der Waals surface area contributed by atoms with Crippen LogP contribution in [0.3, 0.4) is 0 Å². The molecule has 6 aliphatic rings. The molecule has 1 atom stereocenters. The number of aliphatic imine (C=N–C) groups is 4. The summed E-state index contributed by atoms with van der Waals surface area (Å²) in [5.41, 5.74) is 3.98. The van der Waals surface area contributed by atoms with Crippen molar-refractivity contribution in [2.45, 2.75) is 97.9 Å². The molecule has 1 N–H and O–H groups in total. The highest BCUT2D eigenvalue weighted by atomic mass is 32.2. The topological polar surface area (TPSA) is 235 Å². The van der Waals surface area contributed by atoms with E-state index in [9.17, 15) is 9.59 Å². The highest BCUT2D eigenvalue weighted by molar-refractivity contribution is 7.88. The molecule has 12 rings (SSSR count). The molecular weight excluding hydrogens is 1010 g/mol. The number of carbonyl (C=O) groups excluding carboxylic acids is 2. The predicted molar refractivity (Wildman–Crippen MR) is 284 cm³/mol. The van der Waals surface area contributed by atoms with Crippen LogP contribution < -0.4 is 15.7 Å². The molecule has 0 amide bonds. The van der Waals surface area contributed by atoms with Gasteiger partial charge in [0.15, 0.2) is 23.3 Å². The average Bonchev–Trinajstić information content (AvgIpc) is 4.13. The summed E-state index contributed by atoms with van der Waals surface area (Å²) in [5, 5.41) is 1.33.